The first kappa shape index (κ1) is 15.7. The first-order valence-electron chi connectivity index (χ1n) is 6.80. The molecule has 0 aliphatic carbocycles. The number of aromatic nitrogens is 2. The van der Waals surface area contributed by atoms with Crippen molar-refractivity contribution < 1.29 is 12.8 Å². The highest BCUT2D eigenvalue weighted by Gasteiger charge is 2.21. The summed E-state index contributed by atoms with van der Waals surface area (Å²) in [6, 6.07) is 1.57. The maximum Gasteiger partial charge on any atom is 0.244 e. The first-order valence-corrected chi connectivity index (χ1v) is 8.28. The van der Waals surface area contributed by atoms with Crippen LogP contribution in [0, 0.1) is 6.92 Å². The van der Waals surface area contributed by atoms with E-state index in [0.717, 1.165) is 18.5 Å². The fraction of sp³-hybridized carbons (Fsp3) is 0.462. The summed E-state index contributed by atoms with van der Waals surface area (Å²) in [4.78, 5) is 0.180. The number of hydrogen-bond acceptors (Lipinski definition) is 5. The highest BCUT2D eigenvalue weighted by molar-refractivity contribution is 7.89. The average molecular weight is 312 g/mol. The fourth-order valence-corrected chi connectivity index (χ4v) is 3.12. The van der Waals surface area contributed by atoms with Crippen LogP contribution in [0.4, 0.5) is 0 Å². The predicted molar refractivity (Wildman–Crippen MR) is 78.1 cm³/mol. The van der Waals surface area contributed by atoms with Gasteiger partial charge < -0.3 is 9.73 Å². The minimum Gasteiger partial charge on any atom is -0.464 e. The number of furan rings is 1. The first-order chi connectivity index (χ1) is 10.0. The number of nitrogens with one attached hydrogen (secondary N) is 3. The molecule has 0 atom stereocenters. The van der Waals surface area contributed by atoms with E-state index in [-0.39, 0.29) is 11.4 Å². The van der Waals surface area contributed by atoms with Crippen molar-refractivity contribution in [3.63, 3.8) is 0 Å². The Kier molecular flexibility index (Phi) is 5.16. The Bertz CT molecular complexity index is 662. The number of aromatic amines is 1. The van der Waals surface area contributed by atoms with Crippen molar-refractivity contribution in [2.24, 2.45) is 0 Å². The number of sulfonamides is 1. The molecule has 116 valence electrons. The minimum absolute atomic E-state index is 0.180. The smallest absolute Gasteiger partial charge is 0.244 e. The van der Waals surface area contributed by atoms with E-state index >= 15 is 0 Å². The SMILES string of the molecule is CCCNCc1cc(S(=O)(=O)NCc2cn[nH]c2)c(C)o1. The third kappa shape index (κ3) is 4.16. The van der Waals surface area contributed by atoms with Gasteiger partial charge in [-0.25, -0.2) is 13.1 Å². The molecule has 2 heterocycles. The summed E-state index contributed by atoms with van der Waals surface area (Å²) in [6.45, 7) is 5.28. The number of H-pyrrole nitrogens is 1. The van der Waals surface area contributed by atoms with Gasteiger partial charge in [-0.05, 0) is 19.9 Å². The molecule has 0 aliphatic heterocycles. The van der Waals surface area contributed by atoms with E-state index in [1.165, 1.54) is 0 Å². The van der Waals surface area contributed by atoms with Crippen LogP contribution in [0.5, 0.6) is 0 Å². The summed E-state index contributed by atoms with van der Waals surface area (Å²) in [5, 5.41) is 9.59. The van der Waals surface area contributed by atoms with E-state index in [4.69, 9.17) is 4.42 Å². The molecule has 7 nitrogen and oxygen atoms in total. The normalized spacial score (nSPS) is 11.9. The molecule has 0 aliphatic rings. The zero-order chi connectivity index (χ0) is 15.3. The van der Waals surface area contributed by atoms with Gasteiger partial charge in [-0.3, -0.25) is 5.10 Å². The average Bonchev–Trinajstić information content (AvgIpc) is 3.07. The third-order valence-corrected chi connectivity index (χ3v) is 4.47. The van der Waals surface area contributed by atoms with Gasteiger partial charge in [0.25, 0.3) is 0 Å². The fourth-order valence-electron chi connectivity index (χ4n) is 1.90. The van der Waals surface area contributed by atoms with Gasteiger partial charge in [0.1, 0.15) is 16.4 Å². The molecule has 2 rings (SSSR count). The highest BCUT2D eigenvalue weighted by atomic mass is 32.2. The van der Waals surface area contributed by atoms with Crippen LogP contribution < -0.4 is 10.0 Å². The Balaban J connectivity index is 2.05. The molecule has 0 spiro atoms. The lowest BCUT2D eigenvalue weighted by Gasteiger charge is -2.03. The second-order valence-electron chi connectivity index (χ2n) is 4.74. The maximum atomic E-state index is 12.3. The van der Waals surface area contributed by atoms with Gasteiger partial charge in [0, 0.05) is 24.4 Å². The van der Waals surface area contributed by atoms with E-state index in [2.05, 4.69) is 27.2 Å². The van der Waals surface area contributed by atoms with Crippen LogP contribution in [0.2, 0.25) is 0 Å². The maximum absolute atomic E-state index is 12.3. The number of hydrogen-bond donors (Lipinski definition) is 3. The zero-order valence-corrected chi connectivity index (χ0v) is 13.0. The summed E-state index contributed by atoms with van der Waals surface area (Å²) in [5.41, 5.74) is 0.768. The summed E-state index contributed by atoms with van der Waals surface area (Å²) < 4.78 is 32.6. The van der Waals surface area contributed by atoms with Crippen LogP contribution >= 0.6 is 0 Å². The lowest BCUT2D eigenvalue weighted by Crippen LogP contribution is -2.23. The summed E-state index contributed by atoms with van der Waals surface area (Å²) >= 11 is 0. The number of aryl methyl sites for hydroxylation is 1. The lowest BCUT2D eigenvalue weighted by molar-refractivity contribution is 0.457. The molecular formula is C13H20N4O3S. The molecule has 21 heavy (non-hydrogen) atoms. The molecule has 0 radical (unpaired) electrons. The molecule has 0 fully saturated rings. The van der Waals surface area contributed by atoms with Gasteiger partial charge in [0.2, 0.25) is 10.0 Å². The molecule has 0 unspecified atom stereocenters. The van der Waals surface area contributed by atoms with Gasteiger partial charge in [0.05, 0.1) is 12.7 Å². The van der Waals surface area contributed by atoms with Crippen molar-refractivity contribution in [1.29, 1.82) is 0 Å². The van der Waals surface area contributed by atoms with Gasteiger partial charge in [-0.2, -0.15) is 5.10 Å². The molecule has 0 aromatic carbocycles. The van der Waals surface area contributed by atoms with Gasteiger partial charge in [-0.15, -0.1) is 0 Å². The molecule has 3 N–H and O–H groups in total. The number of rotatable bonds is 8. The van der Waals surface area contributed by atoms with E-state index in [1.54, 1.807) is 25.4 Å². The largest absolute Gasteiger partial charge is 0.464 e. The molecule has 0 amide bonds. The summed E-state index contributed by atoms with van der Waals surface area (Å²) in [5.74, 6) is 1.01. The second kappa shape index (κ2) is 6.88. The van der Waals surface area contributed by atoms with Crippen molar-refractivity contribution in [1.82, 2.24) is 20.2 Å². The molecule has 0 saturated carbocycles. The third-order valence-electron chi connectivity index (χ3n) is 2.96. The van der Waals surface area contributed by atoms with E-state index in [0.29, 0.717) is 18.1 Å². The Morgan fingerprint density at radius 3 is 2.86 bits per heavy atom. The molecule has 2 aromatic rings. The Morgan fingerprint density at radius 2 is 2.19 bits per heavy atom. The lowest BCUT2D eigenvalue weighted by atomic mass is 10.4. The molecular weight excluding hydrogens is 292 g/mol. The van der Waals surface area contributed by atoms with Gasteiger partial charge >= 0.3 is 0 Å². The number of nitrogens with zero attached hydrogens (tertiary/aromatic N) is 1. The van der Waals surface area contributed by atoms with Gasteiger partial charge in [-0.1, -0.05) is 6.92 Å². The Labute approximate surface area is 124 Å². The quantitative estimate of drug-likeness (QED) is 0.638. The van der Waals surface area contributed by atoms with Crippen molar-refractivity contribution in [2.45, 2.75) is 38.3 Å². The predicted octanol–water partition coefficient (Wildman–Crippen LogP) is 1.29. The topological polar surface area (TPSA) is 100 Å². The van der Waals surface area contributed by atoms with E-state index < -0.39 is 10.0 Å². The van der Waals surface area contributed by atoms with Crippen molar-refractivity contribution >= 4 is 10.0 Å². The summed E-state index contributed by atoms with van der Waals surface area (Å²) in [7, 11) is -3.59. The Morgan fingerprint density at radius 1 is 1.38 bits per heavy atom. The zero-order valence-electron chi connectivity index (χ0n) is 12.1. The standard InChI is InChI=1S/C13H20N4O3S/c1-3-4-14-9-12-5-13(10(2)20-12)21(18,19)17-8-11-6-15-16-7-11/h5-7,14,17H,3-4,8-9H2,1-2H3,(H,15,16). The van der Waals surface area contributed by atoms with Crippen LogP contribution in [0.25, 0.3) is 0 Å². The molecule has 2 aromatic heterocycles. The van der Waals surface area contributed by atoms with Crippen LogP contribution in [0.3, 0.4) is 0 Å². The van der Waals surface area contributed by atoms with Crippen LogP contribution in [-0.2, 0) is 23.1 Å². The van der Waals surface area contributed by atoms with Crippen LogP contribution in [-0.4, -0.2) is 25.2 Å². The second-order valence-corrected chi connectivity index (χ2v) is 6.48. The summed E-state index contributed by atoms with van der Waals surface area (Å²) in [6.07, 6.45) is 4.23. The molecule has 8 heteroatoms. The van der Waals surface area contributed by atoms with Crippen molar-refractivity contribution in [3.8, 4) is 0 Å². The minimum atomic E-state index is -3.59. The highest BCUT2D eigenvalue weighted by Crippen LogP contribution is 2.20. The van der Waals surface area contributed by atoms with Crippen molar-refractivity contribution in [3.05, 3.63) is 35.5 Å². The van der Waals surface area contributed by atoms with E-state index in [1.807, 2.05) is 0 Å². The van der Waals surface area contributed by atoms with Crippen LogP contribution in [0.15, 0.2) is 27.8 Å². The molecule has 0 bridgehead atoms. The molecule has 0 saturated heterocycles. The Hall–Kier alpha value is -1.64. The van der Waals surface area contributed by atoms with Crippen molar-refractivity contribution in [2.75, 3.05) is 6.54 Å². The van der Waals surface area contributed by atoms with E-state index in [9.17, 15) is 8.42 Å². The van der Waals surface area contributed by atoms with Crippen LogP contribution in [0.1, 0.15) is 30.4 Å². The monoisotopic (exact) mass is 312 g/mol. The van der Waals surface area contributed by atoms with Gasteiger partial charge in [0.15, 0.2) is 0 Å².